The summed E-state index contributed by atoms with van der Waals surface area (Å²) in [6, 6.07) is 12.3. The number of amides is 1. The molecule has 0 saturated carbocycles. The first-order valence-electron chi connectivity index (χ1n) is 12.9. The molecule has 2 aromatic heterocycles. The Morgan fingerprint density at radius 1 is 1.08 bits per heavy atom. The van der Waals surface area contributed by atoms with E-state index in [1.807, 2.05) is 61.5 Å². The minimum atomic E-state index is -0.704. The maximum absolute atomic E-state index is 13.4. The second-order valence-corrected chi connectivity index (χ2v) is 9.75. The van der Waals surface area contributed by atoms with Gasteiger partial charge in [-0.25, -0.2) is 4.98 Å². The van der Waals surface area contributed by atoms with Crippen LogP contribution in [0, 0.1) is 6.92 Å². The fourth-order valence-electron chi connectivity index (χ4n) is 4.83. The number of pyridine rings is 1. The lowest BCUT2D eigenvalue weighted by molar-refractivity contribution is -0.139. The maximum atomic E-state index is 13.4. The number of likely N-dealkylation sites (tertiary alicyclic amines) is 1. The highest BCUT2D eigenvalue weighted by Gasteiger charge is 2.46. The van der Waals surface area contributed by atoms with Gasteiger partial charge in [0, 0.05) is 12.7 Å². The van der Waals surface area contributed by atoms with Gasteiger partial charge in [0.25, 0.3) is 11.7 Å². The van der Waals surface area contributed by atoms with E-state index in [1.54, 1.807) is 22.4 Å². The van der Waals surface area contributed by atoms with Gasteiger partial charge in [-0.2, -0.15) is 0 Å². The van der Waals surface area contributed by atoms with Crippen molar-refractivity contribution in [1.29, 1.82) is 0 Å². The molecule has 0 radical (unpaired) electrons. The monoisotopic (exact) mass is 504 g/mol. The van der Waals surface area contributed by atoms with Crippen molar-refractivity contribution < 1.29 is 19.4 Å². The Morgan fingerprint density at radius 3 is 2.54 bits per heavy atom. The zero-order chi connectivity index (χ0) is 26.5. The van der Waals surface area contributed by atoms with Gasteiger partial charge in [-0.3, -0.25) is 14.0 Å². The number of rotatable bonds is 11. The Bertz CT molecular complexity index is 1290. The van der Waals surface area contributed by atoms with E-state index in [1.165, 1.54) is 0 Å². The van der Waals surface area contributed by atoms with Crippen molar-refractivity contribution in [2.24, 2.45) is 0 Å². The zero-order valence-corrected chi connectivity index (χ0v) is 22.1. The highest BCUT2D eigenvalue weighted by atomic mass is 16.5. The van der Waals surface area contributed by atoms with Gasteiger partial charge < -0.3 is 19.6 Å². The first-order valence-corrected chi connectivity index (χ1v) is 12.9. The minimum absolute atomic E-state index is 0.0835. The molecule has 1 fully saturated rings. The molecule has 3 aromatic rings. The molecular weight excluding hydrogens is 468 g/mol. The van der Waals surface area contributed by atoms with Crippen LogP contribution in [-0.4, -0.2) is 69.8 Å². The molecular formula is C29H36N4O4. The number of aliphatic hydroxyl groups is 1. The van der Waals surface area contributed by atoms with E-state index < -0.39 is 17.7 Å². The third-order valence-corrected chi connectivity index (χ3v) is 6.69. The highest BCUT2D eigenvalue weighted by molar-refractivity contribution is 6.46. The fraction of sp³-hybridized carbons (Fsp3) is 0.414. The maximum Gasteiger partial charge on any atom is 0.295 e. The van der Waals surface area contributed by atoms with Crippen molar-refractivity contribution in [1.82, 2.24) is 19.2 Å². The highest BCUT2D eigenvalue weighted by Crippen LogP contribution is 2.40. The molecule has 0 spiro atoms. The number of unbranched alkanes of at least 4 members (excludes halogenated alkanes) is 2. The number of carbonyl (C=O) groups is 2. The summed E-state index contributed by atoms with van der Waals surface area (Å²) in [7, 11) is 3.94. The van der Waals surface area contributed by atoms with Crippen LogP contribution >= 0.6 is 0 Å². The molecule has 3 heterocycles. The van der Waals surface area contributed by atoms with Gasteiger partial charge >= 0.3 is 0 Å². The minimum Gasteiger partial charge on any atom is -0.505 e. The number of ketones is 1. The van der Waals surface area contributed by atoms with Crippen LogP contribution in [0.3, 0.4) is 0 Å². The van der Waals surface area contributed by atoms with Gasteiger partial charge in [-0.1, -0.05) is 38.0 Å². The number of ether oxygens (including phenoxy) is 1. The molecule has 0 bridgehead atoms. The summed E-state index contributed by atoms with van der Waals surface area (Å²) >= 11 is 0. The van der Waals surface area contributed by atoms with Crippen LogP contribution in [0.25, 0.3) is 11.4 Å². The number of fused-ring (bicyclic) bond motifs is 1. The Balaban J connectivity index is 1.75. The predicted octanol–water partition coefficient (Wildman–Crippen LogP) is 4.59. The molecule has 1 saturated heterocycles. The molecule has 196 valence electrons. The van der Waals surface area contributed by atoms with Gasteiger partial charge in [-0.05, 0) is 70.2 Å². The number of nitrogens with zero attached hydrogens (tertiary/aromatic N) is 4. The molecule has 1 amide bonds. The summed E-state index contributed by atoms with van der Waals surface area (Å²) < 4.78 is 7.60. The molecule has 1 atom stereocenters. The molecule has 1 aromatic carbocycles. The Hall–Kier alpha value is -3.65. The van der Waals surface area contributed by atoms with Crippen molar-refractivity contribution in [3.8, 4) is 5.75 Å². The number of carbonyl (C=O) groups excluding carboxylic acids is 2. The number of aliphatic hydroxyl groups excluding tert-OH is 1. The molecule has 0 aliphatic carbocycles. The van der Waals surface area contributed by atoms with Gasteiger partial charge in [-0.15, -0.1) is 0 Å². The quantitative estimate of drug-likeness (QED) is 0.178. The Morgan fingerprint density at radius 2 is 1.84 bits per heavy atom. The van der Waals surface area contributed by atoms with Crippen molar-refractivity contribution in [3.63, 3.8) is 0 Å². The number of hydrogen-bond acceptors (Lipinski definition) is 6. The Labute approximate surface area is 218 Å². The largest absolute Gasteiger partial charge is 0.505 e. The molecule has 8 nitrogen and oxygen atoms in total. The lowest BCUT2D eigenvalue weighted by Gasteiger charge is -2.26. The standard InChI is InChI=1S/C29H36N4O4/c1-5-6-9-19-37-22-14-12-21(13-15-22)26-24(28(35)29(36)33(26)18-10-16-31(3)4)27(34)25-20(2)30-23-11-7-8-17-32(23)25/h7-8,11-15,17,26,34H,5-6,9-10,16,18-19H2,1-4H3/b27-24+. The van der Waals surface area contributed by atoms with Crippen LogP contribution in [0.15, 0.2) is 54.2 Å². The number of aryl methyl sites for hydroxylation is 1. The summed E-state index contributed by atoms with van der Waals surface area (Å²) in [6.07, 6.45) is 5.71. The first kappa shape index (κ1) is 26.4. The van der Waals surface area contributed by atoms with E-state index in [0.717, 1.165) is 37.1 Å². The molecule has 4 rings (SSSR count). The number of imidazole rings is 1. The van der Waals surface area contributed by atoms with Crippen molar-refractivity contribution in [3.05, 3.63) is 71.2 Å². The van der Waals surface area contributed by atoms with Crippen LogP contribution in [0.2, 0.25) is 0 Å². The van der Waals surface area contributed by atoms with E-state index in [2.05, 4.69) is 11.9 Å². The van der Waals surface area contributed by atoms with E-state index >= 15 is 0 Å². The van der Waals surface area contributed by atoms with Crippen LogP contribution in [0.5, 0.6) is 5.75 Å². The average Bonchev–Trinajstić information content (AvgIpc) is 3.35. The topological polar surface area (TPSA) is 87.4 Å². The third kappa shape index (κ3) is 5.54. The molecule has 1 aliphatic rings. The van der Waals surface area contributed by atoms with Gasteiger partial charge in [0.15, 0.2) is 5.76 Å². The molecule has 1 unspecified atom stereocenters. The number of Topliss-reactive ketones (excluding diaryl/α,β-unsaturated/α-hetero) is 1. The molecule has 8 heteroatoms. The van der Waals surface area contributed by atoms with Crippen LogP contribution in [0.1, 0.15) is 55.6 Å². The van der Waals surface area contributed by atoms with E-state index in [0.29, 0.717) is 36.6 Å². The number of benzene rings is 1. The first-order chi connectivity index (χ1) is 17.8. The fourth-order valence-corrected chi connectivity index (χ4v) is 4.83. The summed E-state index contributed by atoms with van der Waals surface area (Å²) in [5.41, 5.74) is 2.49. The third-order valence-electron chi connectivity index (χ3n) is 6.69. The van der Waals surface area contributed by atoms with Crippen molar-refractivity contribution >= 4 is 23.1 Å². The molecule has 1 N–H and O–H groups in total. The lowest BCUT2D eigenvalue weighted by Crippen LogP contribution is -2.32. The van der Waals surface area contributed by atoms with E-state index in [9.17, 15) is 14.7 Å². The second kappa shape index (κ2) is 11.6. The normalized spacial score (nSPS) is 17.3. The van der Waals surface area contributed by atoms with Crippen LogP contribution in [0.4, 0.5) is 0 Å². The smallest absolute Gasteiger partial charge is 0.295 e. The Kier molecular flexibility index (Phi) is 8.28. The van der Waals surface area contributed by atoms with Crippen LogP contribution < -0.4 is 4.74 Å². The summed E-state index contributed by atoms with van der Waals surface area (Å²) in [6.45, 7) is 5.75. The van der Waals surface area contributed by atoms with Crippen LogP contribution in [-0.2, 0) is 9.59 Å². The molecule has 1 aliphatic heterocycles. The summed E-state index contributed by atoms with van der Waals surface area (Å²) in [5.74, 6) is -0.759. The van der Waals surface area contributed by atoms with Gasteiger partial charge in [0.2, 0.25) is 0 Å². The number of hydrogen-bond donors (Lipinski definition) is 1. The summed E-state index contributed by atoms with van der Waals surface area (Å²) in [5, 5.41) is 11.5. The SMILES string of the molecule is CCCCCOc1ccc(C2/C(=C(\O)c3c(C)nc4ccccn34)C(=O)C(=O)N2CCCN(C)C)cc1. The lowest BCUT2D eigenvalue weighted by atomic mass is 9.96. The average molecular weight is 505 g/mol. The van der Waals surface area contributed by atoms with Crippen molar-refractivity contribution in [2.75, 3.05) is 33.8 Å². The predicted molar refractivity (Wildman–Crippen MR) is 144 cm³/mol. The zero-order valence-electron chi connectivity index (χ0n) is 22.1. The molecule has 37 heavy (non-hydrogen) atoms. The second-order valence-electron chi connectivity index (χ2n) is 9.75. The number of aromatic nitrogens is 2. The van der Waals surface area contributed by atoms with E-state index in [-0.39, 0.29) is 11.3 Å². The van der Waals surface area contributed by atoms with Gasteiger partial charge in [0.1, 0.15) is 17.1 Å². The van der Waals surface area contributed by atoms with Gasteiger partial charge in [0.05, 0.1) is 23.9 Å². The van der Waals surface area contributed by atoms with E-state index in [4.69, 9.17) is 4.74 Å². The summed E-state index contributed by atoms with van der Waals surface area (Å²) in [4.78, 5) is 34.8. The van der Waals surface area contributed by atoms with Crippen molar-refractivity contribution in [2.45, 2.75) is 45.6 Å².